The monoisotopic (exact) mass is 243 g/mol. The Bertz CT molecular complexity index is 305. The van der Waals surface area contributed by atoms with E-state index in [1.807, 2.05) is 16.3 Å². The number of β-amino-alcohol motifs (C(OH)–C–C–N with tert-alkyl or cyclic N) is 2. The van der Waals surface area contributed by atoms with Crippen LogP contribution in [0.1, 0.15) is 4.88 Å². The number of piperidine rings is 1. The third-order valence-electron chi connectivity index (χ3n) is 2.93. The first kappa shape index (κ1) is 12.0. The van der Waals surface area contributed by atoms with Crippen LogP contribution in [0.4, 0.5) is 0 Å². The standard InChI is InChI=1S/C11H17NO3S/c13-9-6-12(7-10(14)11(9)15)4-3-8-2-1-5-16-8/h1-2,5,9-11,13-15H,3-4,6-7H2. The molecule has 0 radical (unpaired) electrons. The van der Waals surface area contributed by atoms with Gasteiger partial charge in [0.1, 0.15) is 6.10 Å². The third-order valence-corrected chi connectivity index (χ3v) is 3.87. The van der Waals surface area contributed by atoms with Gasteiger partial charge in [0.15, 0.2) is 0 Å². The van der Waals surface area contributed by atoms with Gasteiger partial charge in [-0.05, 0) is 17.9 Å². The Morgan fingerprint density at radius 1 is 1.25 bits per heavy atom. The van der Waals surface area contributed by atoms with Gasteiger partial charge in [0, 0.05) is 24.5 Å². The molecule has 1 fully saturated rings. The molecular formula is C11H17NO3S. The highest BCUT2D eigenvalue weighted by atomic mass is 32.1. The summed E-state index contributed by atoms with van der Waals surface area (Å²) in [5.74, 6) is 0. The number of nitrogens with zero attached hydrogens (tertiary/aromatic N) is 1. The maximum absolute atomic E-state index is 9.53. The van der Waals surface area contributed by atoms with Gasteiger partial charge in [0.2, 0.25) is 0 Å². The van der Waals surface area contributed by atoms with Gasteiger partial charge in [-0.1, -0.05) is 6.07 Å². The summed E-state index contributed by atoms with van der Waals surface area (Å²) in [5, 5.41) is 30.5. The molecule has 2 unspecified atom stereocenters. The lowest BCUT2D eigenvalue weighted by molar-refractivity contribution is -0.109. The van der Waals surface area contributed by atoms with Crippen molar-refractivity contribution in [2.75, 3.05) is 19.6 Å². The Morgan fingerprint density at radius 3 is 2.50 bits per heavy atom. The molecule has 0 saturated carbocycles. The van der Waals surface area contributed by atoms with E-state index in [2.05, 4.69) is 6.07 Å². The van der Waals surface area contributed by atoms with Crippen molar-refractivity contribution >= 4 is 11.3 Å². The summed E-state index contributed by atoms with van der Waals surface area (Å²) in [7, 11) is 0. The van der Waals surface area contributed by atoms with Gasteiger partial charge < -0.3 is 15.3 Å². The number of thiophene rings is 1. The van der Waals surface area contributed by atoms with E-state index in [-0.39, 0.29) is 0 Å². The third kappa shape index (κ3) is 2.81. The number of hydrogen-bond acceptors (Lipinski definition) is 5. The molecule has 3 N–H and O–H groups in total. The highest BCUT2D eigenvalue weighted by molar-refractivity contribution is 7.09. The highest BCUT2D eigenvalue weighted by Gasteiger charge is 2.32. The fourth-order valence-corrected chi connectivity index (χ4v) is 2.68. The van der Waals surface area contributed by atoms with E-state index in [0.717, 1.165) is 13.0 Å². The van der Waals surface area contributed by atoms with Gasteiger partial charge in [0.05, 0.1) is 12.2 Å². The zero-order chi connectivity index (χ0) is 11.5. The molecule has 0 amide bonds. The average molecular weight is 243 g/mol. The zero-order valence-corrected chi connectivity index (χ0v) is 9.81. The van der Waals surface area contributed by atoms with E-state index < -0.39 is 18.3 Å². The summed E-state index contributed by atoms with van der Waals surface area (Å²) in [6, 6.07) is 4.10. The normalized spacial score (nSPS) is 31.8. The van der Waals surface area contributed by atoms with Crippen LogP contribution in [0.2, 0.25) is 0 Å². The Balaban J connectivity index is 1.82. The molecule has 1 aromatic rings. The van der Waals surface area contributed by atoms with E-state index in [1.165, 1.54) is 4.88 Å². The Labute approximate surface area is 98.8 Å². The molecule has 1 aliphatic heterocycles. The van der Waals surface area contributed by atoms with Crippen LogP contribution in [0.15, 0.2) is 17.5 Å². The largest absolute Gasteiger partial charge is 0.389 e. The lowest BCUT2D eigenvalue weighted by Crippen LogP contribution is -2.55. The fourth-order valence-electron chi connectivity index (χ4n) is 1.98. The number of likely N-dealkylation sites (tertiary alicyclic amines) is 1. The SMILES string of the molecule is OC1CN(CCc2cccs2)CC(O)C1O. The van der Waals surface area contributed by atoms with Crippen LogP contribution in [0.5, 0.6) is 0 Å². The van der Waals surface area contributed by atoms with Gasteiger partial charge in [0.25, 0.3) is 0 Å². The fraction of sp³-hybridized carbons (Fsp3) is 0.636. The number of rotatable bonds is 3. The highest BCUT2D eigenvalue weighted by Crippen LogP contribution is 2.14. The summed E-state index contributed by atoms with van der Waals surface area (Å²) >= 11 is 1.71. The molecule has 90 valence electrons. The topological polar surface area (TPSA) is 63.9 Å². The van der Waals surface area contributed by atoms with Crippen LogP contribution in [-0.4, -0.2) is 58.2 Å². The van der Waals surface area contributed by atoms with Crippen molar-refractivity contribution in [1.82, 2.24) is 4.90 Å². The quantitative estimate of drug-likeness (QED) is 0.681. The number of aliphatic hydroxyl groups is 3. The maximum Gasteiger partial charge on any atom is 0.108 e. The molecule has 0 aromatic carbocycles. The second-order valence-electron chi connectivity index (χ2n) is 4.21. The van der Waals surface area contributed by atoms with Gasteiger partial charge >= 0.3 is 0 Å². The van der Waals surface area contributed by atoms with Crippen LogP contribution in [0, 0.1) is 0 Å². The number of aliphatic hydroxyl groups excluding tert-OH is 3. The summed E-state index contributed by atoms with van der Waals surface area (Å²) < 4.78 is 0. The van der Waals surface area contributed by atoms with Crippen molar-refractivity contribution in [1.29, 1.82) is 0 Å². The first-order valence-electron chi connectivity index (χ1n) is 5.46. The summed E-state index contributed by atoms with van der Waals surface area (Å²) in [5.41, 5.74) is 0. The van der Waals surface area contributed by atoms with Crippen LogP contribution in [0.3, 0.4) is 0 Å². The molecular weight excluding hydrogens is 226 g/mol. The van der Waals surface area contributed by atoms with Crippen molar-refractivity contribution in [3.63, 3.8) is 0 Å². The lowest BCUT2D eigenvalue weighted by atomic mass is 10.0. The minimum absolute atomic E-state index is 0.434. The maximum atomic E-state index is 9.53. The molecule has 1 saturated heterocycles. The van der Waals surface area contributed by atoms with Crippen molar-refractivity contribution in [3.05, 3.63) is 22.4 Å². The van der Waals surface area contributed by atoms with Gasteiger partial charge in [-0.3, -0.25) is 4.90 Å². The predicted molar refractivity (Wildman–Crippen MR) is 62.5 cm³/mol. The van der Waals surface area contributed by atoms with E-state index in [1.54, 1.807) is 11.3 Å². The lowest BCUT2D eigenvalue weighted by Gasteiger charge is -2.36. The second kappa shape index (κ2) is 5.25. The van der Waals surface area contributed by atoms with Crippen LogP contribution in [-0.2, 0) is 6.42 Å². The molecule has 2 atom stereocenters. The summed E-state index contributed by atoms with van der Waals surface area (Å²) in [6.45, 7) is 1.68. The molecule has 0 spiro atoms. The van der Waals surface area contributed by atoms with Crippen molar-refractivity contribution in [2.24, 2.45) is 0 Å². The minimum Gasteiger partial charge on any atom is -0.389 e. The van der Waals surface area contributed by atoms with Gasteiger partial charge in [-0.25, -0.2) is 0 Å². The van der Waals surface area contributed by atoms with Crippen molar-refractivity contribution in [2.45, 2.75) is 24.7 Å². The zero-order valence-electron chi connectivity index (χ0n) is 8.99. The van der Waals surface area contributed by atoms with Gasteiger partial charge in [-0.15, -0.1) is 11.3 Å². The van der Waals surface area contributed by atoms with Crippen molar-refractivity contribution in [3.8, 4) is 0 Å². The first-order chi connectivity index (χ1) is 7.66. The molecule has 2 rings (SSSR count). The predicted octanol–water partition coefficient (Wildman–Crippen LogP) is -0.311. The summed E-state index contributed by atoms with van der Waals surface area (Å²) in [4.78, 5) is 3.29. The van der Waals surface area contributed by atoms with Crippen LogP contribution in [0.25, 0.3) is 0 Å². The van der Waals surface area contributed by atoms with E-state index in [0.29, 0.717) is 13.1 Å². The van der Waals surface area contributed by atoms with E-state index >= 15 is 0 Å². The molecule has 1 aliphatic rings. The van der Waals surface area contributed by atoms with Gasteiger partial charge in [-0.2, -0.15) is 0 Å². The molecule has 2 heterocycles. The molecule has 5 heteroatoms. The Morgan fingerprint density at radius 2 is 1.94 bits per heavy atom. The average Bonchev–Trinajstić information content (AvgIpc) is 2.75. The van der Waals surface area contributed by atoms with Crippen molar-refractivity contribution < 1.29 is 15.3 Å². The first-order valence-corrected chi connectivity index (χ1v) is 6.33. The van der Waals surface area contributed by atoms with E-state index in [4.69, 9.17) is 0 Å². The minimum atomic E-state index is -1.00. The molecule has 1 aromatic heterocycles. The summed E-state index contributed by atoms with van der Waals surface area (Å²) in [6.07, 6.45) is -1.76. The molecule has 16 heavy (non-hydrogen) atoms. The number of hydrogen-bond donors (Lipinski definition) is 3. The smallest absolute Gasteiger partial charge is 0.108 e. The molecule has 4 nitrogen and oxygen atoms in total. The van der Waals surface area contributed by atoms with E-state index in [9.17, 15) is 15.3 Å². The molecule has 0 aliphatic carbocycles. The second-order valence-corrected chi connectivity index (χ2v) is 5.25. The Kier molecular flexibility index (Phi) is 3.94. The Hall–Kier alpha value is -0.460. The molecule has 0 bridgehead atoms. The van der Waals surface area contributed by atoms with Crippen LogP contribution >= 0.6 is 11.3 Å². The van der Waals surface area contributed by atoms with Crippen LogP contribution < -0.4 is 0 Å².